The molecule has 104 valence electrons. The highest BCUT2D eigenvalue weighted by atomic mass is 32.2. The molecule has 0 saturated heterocycles. The summed E-state index contributed by atoms with van der Waals surface area (Å²) in [6, 6.07) is 0. The normalized spacial score (nSPS) is 11.9. The van der Waals surface area contributed by atoms with Crippen LogP contribution in [0.1, 0.15) is 29.9 Å². The predicted molar refractivity (Wildman–Crippen MR) is 65.9 cm³/mol. The van der Waals surface area contributed by atoms with Gasteiger partial charge in [0.1, 0.15) is 10.6 Å². The Morgan fingerprint density at radius 2 is 2.16 bits per heavy atom. The van der Waals surface area contributed by atoms with Gasteiger partial charge in [-0.1, -0.05) is 11.8 Å². The number of rotatable bonds is 5. The van der Waals surface area contributed by atoms with Crippen LogP contribution in [0, 0.1) is 6.92 Å². The third kappa shape index (κ3) is 3.82. The highest BCUT2D eigenvalue weighted by molar-refractivity contribution is 8.00. The molecule has 1 rings (SSSR count). The number of aliphatic carboxylic acids is 1. The summed E-state index contributed by atoms with van der Waals surface area (Å²) in [6.07, 6.45) is 0. The molecule has 0 fully saturated rings. The molecule has 1 heterocycles. The number of aryl methyl sites for hydroxylation is 1. The Bertz CT molecular complexity index is 555. The Morgan fingerprint density at radius 3 is 2.68 bits per heavy atom. The molecule has 8 heteroatoms. The number of hydrogen-bond acceptors (Lipinski definition) is 7. The molecule has 0 saturated carbocycles. The summed E-state index contributed by atoms with van der Waals surface area (Å²) in [7, 11) is 0. The van der Waals surface area contributed by atoms with E-state index in [0.717, 1.165) is 11.8 Å². The minimum atomic E-state index is -1.31. The number of carbonyl (C=O) groups excluding carboxylic acids is 2. The molecule has 1 aromatic rings. The lowest BCUT2D eigenvalue weighted by molar-refractivity contribution is -0.304. The third-order valence-corrected chi connectivity index (χ3v) is 3.25. The summed E-state index contributed by atoms with van der Waals surface area (Å²) in [4.78, 5) is 39.8. The van der Waals surface area contributed by atoms with Gasteiger partial charge in [-0.25, -0.2) is 9.59 Å². The second kappa shape index (κ2) is 6.37. The van der Waals surface area contributed by atoms with Crippen molar-refractivity contribution in [2.75, 3.05) is 6.61 Å². The molecule has 0 unspecified atom stereocenters. The average Bonchev–Trinajstić information content (AvgIpc) is 2.27. The Balaban J connectivity index is 3.24. The lowest BCUT2D eigenvalue weighted by Crippen LogP contribution is -2.32. The zero-order chi connectivity index (χ0) is 14.6. The van der Waals surface area contributed by atoms with Gasteiger partial charge in [-0.2, -0.15) is 4.98 Å². The number of carboxylic acids is 1. The highest BCUT2D eigenvalue weighted by Gasteiger charge is 2.21. The number of nitrogens with zero attached hydrogens (tertiary/aromatic N) is 1. The van der Waals surface area contributed by atoms with Crippen LogP contribution in [0.5, 0.6) is 0 Å². The number of thioether (sulfide) groups is 1. The van der Waals surface area contributed by atoms with Crippen molar-refractivity contribution in [1.29, 1.82) is 0 Å². The van der Waals surface area contributed by atoms with Gasteiger partial charge in [-0.3, -0.25) is 0 Å². The van der Waals surface area contributed by atoms with E-state index in [9.17, 15) is 19.5 Å². The number of aromatic nitrogens is 2. The van der Waals surface area contributed by atoms with Gasteiger partial charge in [0, 0.05) is 10.9 Å². The van der Waals surface area contributed by atoms with Crippen molar-refractivity contribution < 1.29 is 19.4 Å². The zero-order valence-corrected chi connectivity index (χ0v) is 11.5. The maximum absolute atomic E-state index is 11.8. The van der Waals surface area contributed by atoms with Crippen LogP contribution in [0.2, 0.25) is 0 Å². The van der Waals surface area contributed by atoms with E-state index < -0.39 is 22.9 Å². The molecule has 1 aromatic heterocycles. The summed E-state index contributed by atoms with van der Waals surface area (Å²) < 4.78 is 4.85. The topological polar surface area (TPSA) is 112 Å². The summed E-state index contributed by atoms with van der Waals surface area (Å²) in [5.74, 6) is -1.96. The van der Waals surface area contributed by atoms with Gasteiger partial charge in [-0.05, 0) is 20.8 Å². The molecule has 0 aliphatic heterocycles. The Hall–Kier alpha value is -1.83. The van der Waals surface area contributed by atoms with E-state index in [1.54, 1.807) is 6.92 Å². The smallest absolute Gasteiger partial charge is 0.346 e. The van der Waals surface area contributed by atoms with Gasteiger partial charge in [0.05, 0.1) is 12.6 Å². The van der Waals surface area contributed by atoms with Crippen LogP contribution in [0.4, 0.5) is 0 Å². The number of carboxylic acid groups (broad SMARTS) is 1. The van der Waals surface area contributed by atoms with E-state index >= 15 is 0 Å². The summed E-state index contributed by atoms with van der Waals surface area (Å²) in [5, 5.41) is 9.80. The number of carbonyl (C=O) groups is 2. The molecule has 0 bridgehead atoms. The van der Waals surface area contributed by atoms with E-state index in [1.165, 1.54) is 13.8 Å². The molecule has 0 spiro atoms. The Labute approximate surface area is 113 Å². The lowest BCUT2D eigenvalue weighted by Gasteiger charge is -2.14. The number of esters is 1. The lowest BCUT2D eigenvalue weighted by atomic mass is 10.2. The molecule has 1 N–H and O–H groups in total. The van der Waals surface area contributed by atoms with Gasteiger partial charge in [0.25, 0.3) is 0 Å². The van der Waals surface area contributed by atoms with Crippen LogP contribution in [0.15, 0.2) is 9.82 Å². The first kappa shape index (κ1) is 15.2. The van der Waals surface area contributed by atoms with Crippen molar-refractivity contribution >= 4 is 23.7 Å². The number of aromatic amines is 1. The SMILES string of the molecule is CCOC(=O)c1c(S[C@@H](C)C(=O)[O-])nc(=O)[nH]c1C. The van der Waals surface area contributed by atoms with Crippen LogP contribution in [-0.2, 0) is 9.53 Å². The number of ether oxygens (including phenoxy) is 1. The summed E-state index contributed by atoms with van der Waals surface area (Å²) in [5.41, 5.74) is -0.301. The van der Waals surface area contributed by atoms with Crippen LogP contribution in [0.25, 0.3) is 0 Å². The van der Waals surface area contributed by atoms with Gasteiger partial charge in [0.2, 0.25) is 0 Å². The van der Waals surface area contributed by atoms with Crippen LogP contribution >= 0.6 is 11.8 Å². The first-order chi connectivity index (χ1) is 8.86. The molecular weight excluding hydrogens is 272 g/mol. The predicted octanol–water partition coefficient (Wildman–Crippen LogP) is -0.514. The standard InChI is InChI=1S/C11H14N2O5S/c1-4-18-10(16)7-5(2)12-11(17)13-8(7)19-6(3)9(14)15/h6H,4H2,1-3H3,(H,14,15)(H,12,13,17)/p-1/t6-/m0/s1. The molecule has 0 aliphatic rings. The quantitative estimate of drug-likeness (QED) is 0.440. The van der Waals surface area contributed by atoms with Gasteiger partial charge >= 0.3 is 11.7 Å². The van der Waals surface area contributed by atoms with E-state index in [0.29, 0.717) is 0 Å². The largest absolute Gasteiger partial charge is 0.549 e. The van der Waals surface area contributed by atoms with Gasteiger partial charge in [-0.15, -0.1) is 0 Å². The Morgan fingerprint density at radius 1 is 1.53 bits per heavy atom. The van der Waals surface area contributed by atoms with Crippen LogP contribution in [0.3, 0.4) is 0 Å². The average molecular weight is 285 g/mol. The maximum atomic E-state index is 11.8. The second-order valence-electron chi connectivity index (χ2n) is 3.65. The summed E-state index contributed by atoms with van der Waals surface area (Å²) in [6.45, 7) is 4.71. The molecular formula is C11H13N2O5S-. The molecule has 0 amide bonds. The Kier molecular flexibility index (Phi) is 5.11. The van der Waals surface area contributed by atoms with Crippen molar-refractivity contribution in [2.45, 2.75) is 31.0 Å². The monoisotopic (exact) mass is 285 g/mol. The minimum Gasteiger partial charge on any atom is -0.549 e. The molecule has 19 heavy (non-hydrogen) atoms. The van der Waals surface area contributed by atoms with E-state index in [2.05, 4.69) is 9.97 Å². The van der Waals surface area contributed by atoms with E-state index in [-0.39, 0.29) is 22.9 Å². The van der Waals surface area contributed by atoms with Crippen molar-refractivity contribution in [3.63, 3.8) is 0 Å². The maximum Gasteiger partial charge on any atom is 0.346 e. The number of nitrogens with one attached hydrogen (secondary N) is 1. The summed E-state index contributed by atoms with van der Waals surface area (Å²) >= 11 is 0.767. The van der Waals surface area contributed by atoms with Crippen molar-refractivity contribution in [2.24, 2.45) is 0 Å². The highest BCUT2D eigenvalue weighted by Crippen LogP contribution is 2.25. The fourth-order valence-corrected chi connectivity index (χ4v) is 2.22. The molecule has 7 nitrogen and oxygen atoms in total. The second-order valence-corrected chi connectivity index (χ2v) is 4.98. The molecule has 0 aliphatic carbocycles. The molecule has 0 aromatic carbocycles. The number of H-pyrrole nitrogens is 1. The first-order valence-corrected chi connectivity index (χ1v) is 6.40. The van der Waals surface area contributed by atoms with E-state index in [1.807, 2.05) is 0 Å². The number of hydrogen-bond donors (Lipinski definition) is 1. The van der Waals surface area contributed by atoms with E-state index in [4.69, 9.17) is 4.74 Å². The fraction of sp³-hybridized carbons (Fsp3) is 0.455. The zero-order valence-electron chi connectivity index (χ0n) is 10.7. The van der Waals surface area contributed by atoms with Crippen LogP contribution < -0.4 is 10.8 Å². The first-order valence-electron chi connectivity index (χ1n) is 5.52. The van der Waals surface area contributed by atoms with Crippen molar-refractivity contribution in [3.8, 4) is 0 Å². The van der Waals surface area contributed by atoms with Crippen LogP contribution in [-0.4, -0.2) is 33.8 Å². The minimum absolute atomic E-state index is 0.0244. The fourth-order valence-electron chi connectivity index (χ4n) is 1.30. The molecule has 1 atom stereocenters. The van der Waals surface area contributed by atoms with Gasteiger partial charge < -0.3 is 19.6 Å². The van der Waals surface area contributed by atoms with Crippen molar-refractivity contribution in [1.82, 2.24) is 9.97 Å². The van der Waals surface area contributed by atoms with Crippen molar-refractivity contribution in [3.05, 3.63) is 21.7 Å². The third-order valence-electron chi connectivity index (χ3n) is 2.19. The molecule has 0 radical (unpaired) electrons. The van der Waals surface area contributed by atoms with Gasteiger partial charge in [0.15, 0.2) is 0 Å².